The first-order valence-electron chi connectivity index (χ1n) is 5.57. The molecule has 0 aromatic heterocycles. The van der Waals surface area contributed by atoms with Crippen molar-refractivity contribution in [3.8, 4) is 0 Å². The SMILES string of the molecule is CC(C)CCCCC=CC1CC1(F)F. The number of hydrogen-bond donors (Lipinski definition) is 0. The van der Waals surface area contributed by atoms with E-state index in [-0.39, 0.29) is 6.42 Å². The molecule has 1 saturated carbocycles. The zero-order valence-corrected chi connectivity index (χ0v) is 9.10. The molecule has 14 heavy (non-hydrogen) atoms. The molecule has 0 radical (unpaired) electrons. The van der Waals surface area contributed by atoms with E-state index in [1.807, 2.05) is 6.08 Å². The summed E-state index contributed by atoms with van der Waals surface area (Å²) < 4.78 is 24.9. The van der Waals surface area contributed by atoms with Crippen molar-refractivity contribution in [3.63, 3.8) is 0 Å². The Balaban J connectivity index is 1.94. The minimum atomic E-state index is -2.38. The lowest BCUT2D eigenvalue weighted by atomic mass is 10.1. The van der Waals surface area contributed by atoms with Crippen LogP contribution < -0.4 is 0 Å². The molecule has 0 bridgehead atoms. The normalized spacial score (nSPS) is 24.8. The van der Waals surface area contributed by atoms with Crippen LogP contribution in [-0.2, 0) is 0 Å². The zero-order valence-electron chi connectivity index (χ0n) is 9.10. The molecule has 1 atom stereocenters. The molecule has 0 heterocycles. The Morgan fingerprint density at radius 1 is 1.36 bits per heavy atom. The van der Waals surface area contributed by atoms with Crippen LogP contribution in [0, 0.1) is 11.8 Å². The van der Waals surface area contributed by atoms with Crippen LogP contribution in [0.1, 0.15) is 46.0 Å². The Bertz CT molecular complexity index is 194. The fourth-order valence-electron chi connectivity index (χ4n) is 1.52. The van der Waals surface area contributed by atoms with Crippen LogP contribution in [0.2, 0.25) is 0 Å². The summed E-state index contributed by atoms with van der Waals surface area (Å²) in [5.74, 6) is -2.08. The first kappa shape index (κ1) is 11.7. The molecule has 0 N–H and O–H groups in total. The molecule has 0 aliphatic heterocycles. The first-order chi connectivity index (χ1) is 6.52. The molecule has 0 amide bonds. The van der Waals surface area contributed by atoms with Gasteiger partial charge < -0.3 is 0 Å². The summed E-state index contributed by atoms with van der Waals surface area (Å²) in [7, 11) is 0. The molecular weight excluding hydrogens is 182 g/mol. The van der Waals surface area contributed by atoms with Gasteiger partial charge in [0.15, 0.2) is 0 Å². The van der Waals surface area contributed by atoms with Crippen LogP contribution in [0.4, 0.5) is 8.78 Å². The van der Waals surface area contributed by atoms with Crippen molar-refractivity contribution in [2.24, 2.45) is 11.8 Å². The highest BCUT2D eigenvalue weighted by Crippen LogP contribution is 2.49. The minimum absolute atomic E-state index is 0.0650. The van der Waals surface area contributed by atoms with Crippen LogP contribution in [0.5, 0.6) is 0 Å². The van der Waals surface area contributed by atoms with Crippen molar-refractivity contribution in [2.75, 3.05) is 0 Å². The van der Waals surface area contributed by atoms with Gasteiger partial charge >= 0.3 is 0 Å². The lowest BCUT2D eigenvalue weighted by Crippen LogP contribution is -1.89. The van der Waals surface area contributed by atoms with Crippen LogP contribution in [-0.4, -0.2) is 5.92 Å². The molecule has 1 unspecified atom stereocenters. The van der Waals surface area contributed by atoms with Gasteiger partial charge in [0.25, 0.3) is 5.92 Å². The molecule has 1 fully saturated rings. The van der Waals surface area contributed by atoms with E-state index in [1.54, 1.807) is 6.08 Å². The highest BCUT2D eigenvalue weighted by atomic mass is 19.3. The van der Waals surface area contributed by atoms with Gasteiger partial charge in [0.05, 0.1) is 0 Å². The molecule has 82 valence electrons. The van der Waals surface area contributed by atoms with Crippen molar-refractivity contribution in [1.29, 1.82) is 0 Å². The largest absolute Gasteiger partial charge is 0.255 e. The number of unbranched alkanes of at least 4 members (excludes halogenated alkanes) is 2. The predicted octanol–water partition coefficient (Wildman–Crippen LogP) is 4.41. The molecule has 0 aromatic carbocycles. The van der Waals surface area contributed by atoms with Gasteiger partial charge in [-0.3, -0.25) is 0 Å². The van der Waals surface area contributed by atoms with E-state index in [0.717, 1.165) is 18.8 Å². The molecule has 0 nitrogen and oxygen atoms in total. The molecule has 1 aliphatic carbocycles. The molecular formula is C12H20F2. The maximum absolute atomic E-state index is 12.4. The molecule has 2 heteroatoms. The van der Waals surface area contributed by atoms with E-state index in [9.17, 15) is 8.78 Å². The van der Waals surface area contributed by atoms with E-state index < -0.39 is 11.8 Å². The van der Waals surface area contributed by atoms with Gasteiger partial charge in [-0.25, -0.2) is 8.78 Å². The summed E-state index contributed by atoms with van der Waals surface area (Å²) in [6.07, 6.45) is 8.22. The highest BCUT2D eigenvalue weighted by Gasteiger charge is 2.54. The summed E-state index contributed by atoms with van der Waals surface area (Å²) in [6.45, 7) is 4.42. The average molecular weight is 202 g/mol. The van der Waals surface area contributed by atoms with E-state index in [2.05, 4.69) is 13.8 Å². The van der Waals surface area contributed by atoms with Crippen molar-refractivity contribution < 1.29 is 8.78 Å². The topological polar surface area (TPSA) is 0 Å². The molecule has 1 aliphatic rings. The lowest BCUT2D eigenvalue weighted by Gasteiger charge is -2.01. The maximum Gasteiger partial charge on any atom is 0.255 e. The second-order valence-corrected chi connectivity index (χ2v) is 4.68. The average Bonchev–Trinajstić information content (AvgIpc) is 2.66. The van der Waals surface area contributed by atoms with Gasteiger partial charge in [-0.1, -0.05) is 38.8 Å². The third-order valence-corrected chi connectivity index (χ3v) is 2.65. The Kier molecular flexibility index (Phi) is 4.09. The summed E-state index contributed by atoms with van der Waals surface area (Å²) in [6, 6.07) is 0. The van der Waals surface area contributed by atoms with E-state index in [1.165, 1.54) is 12.8 Å². The number of alkyl halides is 2. The number of rotatable bonds is 6. The molecule has 1 rings (SSSR count). The quantitative estimate of drug-likeness (QED) is 0.442. The third-order valence-electron chi connectivity index (χ3n) is 2.65. The fourth-order valence-corrected chi connectivity index (χ4v) is 1.52. The second kappa shape index (κ2) is 4.90. The molecule has 0 saturated heterocycles. The Labute approximate surface area is 85.4 Å². The summed E-state index contributed by atoms with van der Waals surface area (Å²) in [4.78, 5) is 0. The second-order valence-electron chi connectivity index (χ2n) is 4.68. The van der Waals surface area contributed by atoms with Crippen molar-refractivity contribution in [2.45, 2.75) is 51.9 Å². The maximum atomic E-state index is 12.4. The number of halogens is 2. The Morgan fingerprint density at radius 3 is 2.50 bits per heavy atom. The summed E-state index contributed by atoms with van der Waals surface area (Å²) >= 11 is 0. The van der Waals surface area contributed by atoms with Gasteiger partial charge in [0.2, 0.25) is 0 Å². The van der Waals surface area contributed by atoms with Crippen molar-refractivity contribution in [3.05, 3.63) is 12.2 Å². The summed E-state index contributed by atoms with van der Waals surface area (Å²) in [5.41, 5.74) is 0. The van der Waals surface area contributed by atoms with Crippen molar-refractivity contribution in [1.82, 2.24) is 0 Å². The number of hydrogen-bond acceptors (Lipinski definition) is 0. The van der Waals surface area contributed by atoms with Gasteiger partial charge in [0, 0.05) is 12.3 Å². The highest BCUT2D eigenvalue weighted by molar-refractivity contribution is 5.07. The minimum Gasteiger partial charge on any atom is -0.206 e. The third kappa shape index (κ3) is 4.21. The van der Waals surface area contributed by atoms with Crippen LogP contribution in [0.3, 0.4) is 0 Å². The smallest absolute Gasteiger partial charge is 0.206 e. The monoisotopic (exact) mass is 202 g/mol. The first-order valence-corrected chi connectivity index (χ1v) is 5.57. The Morgan fingerprint density at radius 2 is 2.00 bits per heavy atom. The van der Waals surface area contributed by atoms with Crippen molar-refractivity contribution >= 4 is 0 Å². The van der Waals surface area contributed by atoms with Crippen LogP contribution in [0.15, 0.2) is 12.2 Å². The van der Waals surface area contributed by atoms with Crippen LogP contribution in [0.25, 0.3) is 0 Å². The molecule has 0 spiro atoms. The van der Waals surface area contributed by atoms with Gasteiger partial charge in [-0.2, -0.15) is 0 Å². The predicted molar refractivity (Wildman–Crippen MR) is 55.5 cm³/mol. The number of allylic oxidation sites excluding steroid dienone is 2. The zero-order chi connectivity index (χ0) is 10.6. The summed E-state index contributed by atoms with van der Waals surface area (Å²) in [5, 5.41) is 0. The van der Waals surface area contributed by atoms with Gasteiger partial charge in [-0.15, -0.1) is 0 Å². The van der Waals surface area contributed by atoms with E-state index in [0.29, 0.717) is 0 Å². The van der Waals surface area contributed by atoms with E-state index in [4.69, 9.17) is 0 Å². The molecule has 0 aromatic rings. The van der Waals surface area contributed by atoms with Gasteiger partial charge in [0.1, 0.15) is 0 Å². The van der Waals surface area contributed by atoms with Gasteiger partial charge in [-0.05, 0) is 18.8 Å². The standard InChI is InChI=1S/C12H20F2/c1-10(2)7-5-3-4-6-8-11-9-12(11,13)14/h6,8,10-11H,3-5,7,9H2,1-2H3. The lowest BCUT2D eigenvalue weighted by molar-refractivity contribution is 0.107. The Hall–Kier alpha value is -0.400. The van der Waals surface area contributed by atoms with Crippen LogP contribution >= 0.6 is 0 Å². The fraction of sp³-hybridized carbons (Fsp3) is 0.833. The van der Waals surface area contributed by atoms with E-state index >= 15 is 0 Å².